The van der Waals surface area contributed by atoms with Gasteiger partial charge in [0.15, 0.2) is 5.82 Å². The Morgan fingerprint density at radius 2 is 1.92 bits per heavy atom. The van der Waals surface area contributed by atoms with Crippen molar-refractivity contribution in [2.75, 3.05) is 11.9 Å². The number of ether oxygens (including phenoxy) is 1. The highest BCUT2D eigenvalue weighted by Crippen LogP contribution is 2.44. The van der Waals surface area contributed by atoms with Crippen LogP contribution < -0.4 is 5.32 Å². The van der Waals surface area contributed by atoms with Gasteiger partial charge in [0.25, 0.3) is 0 Å². The zero-order chi connectivity index (χ0) is 18.3. The van der Waals surface area contributed by atoms with Crippen LogP contribution in [0.3, 0.4) is 0 Å². The number of hydrogen-bond acceptors (Lipinski definition) is 3. The molecule has 0 radical (unpaired) electrons. The number of carbonyl (C=O) groups is 2. The van der Waals surface area contributed by atoms with Crippen molar-refractivity contribution in [2.45, 2.75) is 18.9 Å². The number of benzene rings is 2. The standard InChI is InChI=1S/C19H16ClFN2O3/c20-14-6-2-1-4-12(14)13-5-3-7-15(17(13)21)22-18(24)26-19(25)23-9-8-11-10-16(11)23/h1-7,11,16H,8-10H2,(H,22,24). The van der Waals surface area contributed by atoms with Crippen molar-refractivity contribution in [3.63, 3.8) is 0 Å². The fourth-order valence-corrected chi connectivity index (χ4v) is 3.65. The average Bonchev–Trinajstić information content (AvgIpc) is 3.27. The smallest absolute Gasteiger partial charge is 0.359 e. The van der Waals surface area contributed by atoms with Gasteiger partial charge in [-0.25, -0.2) is 14.0 Å². The van der Waals surface area contributed by atoms with Gasteiger partial charge in [0.05, 0.1) is 5.69 Å². The van der Waals surface area contributed by atoms with Gasteiger partial charge < -0.3 is 9.64 Å². The Morgan fingerprint density at radius 3 is 2.62 bits per heavy atom. The van der Waals surface area contributed by atoms with Gasteiger partial charge in [-0.3, -0.25) is 5.32 Å². The maximum absolute atomic E-state index is 14.8. The number of anilines is 1. The predicted octanol–water partition coefficient (Wildman–Crippen LogP) is 4.91. The van der Waals surface area contributed by atoms with Gasteiger partial charge in [-0.05, 0) is 30.9 Å². The Hall–Kier alpha value is -2.60. The Labute approximate surface area is 154 Å². The topological polar surface area (TPSA) is 58.6 Å². The molecule has 4 rings (SSSR count). The Balaban J connectivity index is 1.48. The van der Waals surface area contributed by atoms with E-state index in [0.717, 1.165) is 12.8 Å². The van der Waals surface area contributed by atoms with Crippen molar-refractivity contribution in [1.82, 2.24) is 4.90 Å². The SMILES string of the molecule is O=C(Nc1cccc(-c2ccccc2Cl)c1F)OC(=O)N1CCC2CC21. The Kier molecular flexibility index (Phi) is 4.28. The molecule has 2 aromatic rings. The highest BCUT2D eigenvalue weighted by Gasteiger charge is 2.49. The van der Waals surface area contributed by atoms with E-state index in [0.29, 0.717) is 23.0 Å². The predicted molar refractivity (Wildman–Crippen MR) is 95.6 cm³/mol. The largest absolute Gasteiger partial charge is 0.420 e. The summed E-state index contributed by atoms with van der Waals surface area (Å²) in [5.41, 5.74) is 0.683. The first-order chi connectivity index (χ1) is 12.5. The Morgan fingerprint density at radius 1 is 1.15 bits per heavy atom. The lowest BCUT2D eigenvalue weighted by atomic mass is 10.0. The summed E-state index contributed by atoms with van der Waals surface area (Å²) in [6, 6.07) is 11.6. The number of piperidine rings is 1. The number of likely N-dealkylation sites (tertiary alicyclic amines) is 1. The monoisotopic (exact) mass is 374 g/mol. The minimum Gasteiger partial charge on any atom is -0.359 e. The molecular formula is C19H16ClFN2O3. The quantitative estimate of drug-likeness (QED) is 0.760. The zero-order valence-corrected chi connectivity index (χ0v) is 14.5. The second kappa shape index (κ2) is 6.61. The molecular weight excluding hydrogens is 359 g/mol. The van der Waals surface area contributed by atoms with Crippen LogP contribution >= 0.6 is 11.6 Å². The molecule has 26 heavy (non-hydrogen) atoms. The summed E-state index contributed by atoms with van der Waals surface area (Å²) in [5, 5.41) is 2.69. The third kappa shape index (κ3) is 3.12. The molecule has 2 aliphatic rings. The molecule has 1 N–H and O–H groups in total. The van der Waals surface area contributed by atoms with E-state index in [-0.39, 0.29) is 17.3 Å². The van der Waals surface area contributed by atoms with Crippen molar-refractivity contribution < 1.29 is 18.7 Å². The number of fused-ring (bicyclic) bond motifs is 1. The van der Waals surface area contributed by atoms with E-state index >= 15 is 0 Å². The van der Waals surface area contributed by atoms with Gasteiger partial charge in [0.1, 0.15) is 0 Å². The van der Waals surface area contributed by atoms with Crippen LogP contribution in [0.15, 0.2) is 42.5 Å². The van der Waals surface area contributed by atoms with Crippen LogP contribution in [0.4, 0.5) is 19.7 Å². The van der Waals surface area contributed by atoms with E-state index in [2.05, 4.69) is 5.32 Å². The molecule has 2 aromatic carbocycles. The van der Waals surface area contributed by atoms with Gasteiger partial charge >= 0.3 is 12.2 Å². The third-order valence-electron chi connectivity index (χ3n) is 4.84. The first kappa shape index (κ1) is 16.8. The minimum atomic E-state index is -1.01. The number of nitrogens with zero attached hydrogens (tertiary/aromatic N) is 1. The maximum Gasteiger partial charge on any atom is 0.420 e. The Bertz CT molecular complexity index is 889. The number of nitrogens with one attached hydrogen (secondary N) is 1. The molecule has 2 amide bonds. The molecule has 5 nitrogen and oxygen atoms in total. The summed E-state index contributed by atoms with van der Waals surface area (Å²) >= 11 is 6.12. The van der Waals surface area contributed by atoms with Crippen molar-refractivity contribution in [1.29, 1.82) is 0 Å². The molecule has 1 aliphatic carbocycles. The number of halogens is 2. The minimum absolute atomic E-state index is 0.0778. The molecule has 0 spiro atoms. The molecule has 134 valence electrons. The number of hydrogen-bond donors (Lipinski definition) is 1. The molecule has 7 heteroatoms. The highest BCUT2D eigenvalue weighted by molar-refractivity contribution is 6.33. The first-order valence-electron chi connectivity index (χ1n) is 8.37. The third-order valence-corrected chi connectivity index (χ3v) is 5.17. The fraction of sp³-hybridized carbons (Fsp3) is 0.263. The zero-order valence-electron chi connectivity index (χ0n) is 13.7. The first-order valence-corrected chi connectivity index (χ1v) is 8.75. The maximum atomic E-state index is 14.8. The second-order valence-corrected chi connectivity index (χ2v) is 6.88. The van der Waals surface area contributed by atoms with Gasteiger partial charge in [-0.2, -0.15) is 0 Å². The molecule has 0 bridgehead atoms. The molecule has 1 saturated heterocycles. The molecule has 1 saturated carbocycles. The summed E-state index contributed by atoms with van der Waals surface area (Å²) in [5.74, 6) is -0.108. The van der Waals surface area contributed by atoms with Crippen LogP contribution in [0.5, 0.6) is 0 Å². The molecule has 2 fully saturated rings. The second-order valence-electron chi connectivity index (χ2n) is 6.47. The number of amides is 2. The number of rotatable bonds is 2. The summed E-state index contributed by atoms with van der Waals surface area (Å²) in [7, 11) is 0. The van der Waals surface area contributed by atoms with E-state index in [9.17, 15) is 14.0 Å². The van der Waals surface area contributed by atoms with Crippen molar-refractivity contribution in [3.8, 4) is 11.1 Å². The van der Waals surface area contributed by atoms with Gasteiger partial charge in [-0.15, -0.1) is 0 Å². The highest BCUT2D eigenvalue weighted by atomic mass is 35.5. The molecule has 1 aliphatic heterocycles. The normalized spacial score (nSPS) is 20.5. The van der Waals surface area contributed by atoms with Crippen molar-refractivity contribution in [2.24, 2.45) is 5.92 Å². The van der Waals surface area contributed by atoms with E-state index < -0.39 is 18.0 Å². The van der Waals surface area contributed by atoms with E-state index in [1.54, 1.807) is 41.3 Å². The van der Waals surface area contributed by atoms with Crippen LogP contribution in [-0.4, -0.2) is 29.7 Å². The van der Waals surface area contributed by atoms with E-state index in [1.807, 2.05) is 0 Å². The van der Waals surface area contributed by atoms with Crippen LogP contribution in [0.25, 0.3) is 11.1 Å². The lowest BCUT2D eigenvalue weighted by molar-refractivity contribution is 0.127. The van der Waals surface area contributed by atoms with Crippen molar-refractivity contribution in [3.05, 3.63) is 53.3 Å². The van der Waals surface area contributed by atoms with Crippen LogP contribution in [0, 0.1) is 11.7 Å². The van der Waals surface area contributed by atoms with Gasteiger partial charge in [-0.1, -0.05) is 41.9 Å². The average molecular weight is 375 g/mol. The summed E-state index contributed by atoms with van der Waals surface area (Å²) in [6.07, 6.45) is 0.214. The van der Waals surface area contributed by atoms with Crippen LogP contribution in [-0.2, 0) is 4.74 Å². The number of carbonyl (C=O) groups excluding carboxylic acids is 2. The summed E-state index contributed by atoms with van der Waals surface area (Å²) < 4.78 is 19.6. The summed E-state index contributed by atoms with van der Waals surface area (Å²) in [6.45, 7) is 0.595. The molecule has 2 atom stereocenters. The fourth-order valence-electron chi connectivity index (χ4n) is 3.41. The molecule has 2 unspecified atom stereocenters. The van der Waals surface area contributed by atoms with Gasteiger partial charge in [0.2, 0.25) is 0 Å². The molecule has 1 heterocycles. The molecule has 0 aromatic heterocycles. The van der Waals surface area contributed by atoms with Crippen molar-refractivity contribution >= 4 is 29.5 Å². The lowest BCUT2D eigenvalue weighted by Gasteiger charge is -2.17. The van der Waals surface area contributed by atoms with Crippen LogP contribution in [0.1, 0.15) is 12.8 Å². The van der Waals surface area contributed by atoms with Crippen LogP contribution in [0.2, 0.25) is 5.02 Å². The lowest BCUT2D eigenvalue weighted by Crippen LogP contribution is -2.34. The summed E-state index contributed by atoms with van der Waals surface area (Å²) in [4.78, 5) is 25.6. The van der Waals surface area contributed by atoms with Gasteiger partial charge in [0, 0.05) is 28.7 Å². The van der Waals surface area contributed by atoms with E-state index in [4.69, 9.17) is 16.3 Å². The van der Waals surface area contributed by atoms with E-state index in [1.165, 1.54) is 6.07 Å².